The zero-order valence-electron chi connectivity index (χ0n) is 45.2. The maximum absolute atomic E-state index is 7.24. The number of pyridine rings is 1. The summed E-state index contributed by atoms with van der Waals surface area (Å²) < 4.78 is 9.52. The van der Waals surface area contributed by atoms with Crippen LogP contribution in [-0.4, -0.2) is 9.55 Å². The van der Waals surface area contributed by atoms with Crippen LogP contribution in [0.4, 0.5) is 22.7 Å². The van der Waals surface area contributed by atoms with Gasteiger partial charge in [0.05, 0.1) is 0 Å². The van der Waals surface area contributed by atoms with Gasteiger partial charge in [-0.05, 0) is 108 Å². The molecule has 0 fully saturated rings. The number of aromatic nitrogens is 2. The van der Waals surface area contributed by atoms with Crippen LogP contribution in [0.2, 0.25) is 0 Å². The minimum Gasteiger partial charge on any atom is -0.509 e. The second kappa shape index (κ2) is 18.1. The zero-order valence-corrected chi connectivity index (χ0v) is 47.5. The van der Waals surface area contributed by atoms with E-state index >= 15 is 0 Å². The first-order valence-electron chi connectivity index (χ1n) is 25.1. The van der Waals surface area contributed by atoms with Crippen molar-refractivity contribution in [1.82, 2.24) is 9.55 Å². The van der Waals surface area contributed by atoms with E-state index in [-0.39, 0.29) is 48.1 Å². The van der Waals surface area contributed by atoms with Gasteiger partial charge in [0.15, 0.2) is 0 Å². The van der Waals surface area contributed by atoms with Crippen molar-refractivity contribution in [2.45, 2.75) is 150 Å². The quantitative estimate of drug-likeness (QED) is 0.149. The Hall–Kier alpha value is -5.64. The second-order valence-corrected chi connectivity index (χ2v) is 25.3. The summed E-state index contributed by atoms with van der Waals surface area (Å²) in [4.78, 5) is 9.72. The standard InChI is InChI=1S/C65H73N4O.Pt/c1-60(2,3)43-27-28-55-56(36-43)68(41-67(55)48-32-45(62(7,8)9)31-46(33-48)63(10,11)12)49-34-47(64(13,14)15)35-50(38-49)70-51-39-53(65(16,17)42-23-19-18-20-24-42)59-52-25-21-22-26-54(52)69(57(59)40-51)58-37-44(29-30-66-58)61(4,5)6;/h18-37,39,41H,1-17H3;/q-3;. The Kier molecular flexibility index (Phi) is 13.2. The number of rotatable bonds is 7. The molecule has 71 heavy (non-hydrogen) atoms. The first-order valence-corrected chi connectivity index (χ1v) is 25.1. The van der Waals surface area contributed by atoms with Crippen LogP contribution in [-0.2, 0) is 53.6 Å². The number of hydrogen-bond acceptors (Lipinski definition) is 4. The molecule has 372 valence electrons. The summed E-state index contributed by atoms with van der Waals surface area (Å²) in [5.74, 6) is 2.10. The second-order valence-electron chi connectivity index (χ2n) is 25.3. The van der Waals surface area contributed by atoms with Crippen LogP contribution in [0.5, 0.6) is 11.5 Å². The van der Waals surface area contributed by atoms with Crippen LogP contribution in [0.1, 0.15) is 157 Å². The number of nitrogens with zero attached hydrogens (tertiary/aromatic N) is 4. The molecule has 0 aliphatic carbocycles. The largest absolute Gasteiger partial charge is 0.509 e. The van der Waals surface area contributed by atoms with E-state index in [4.69, 9.17) is 9.72 Å². The average molecular weight is 1120 g/mol. The Morgan fingerprint density at radius 1 is 0.479 bits per heavy atom. The van der Waals surface area contributed by atoms with Crippen molar-refractivity contribution in [2.24, 2.45) is 0 Å². The third kappa shape index (κ3) is 9.98. The Morgan fingerprint density at radius 3 is 1.66 bits per heavy atom. The fourth-order valence-electron chi connectivity index (χ4n) is 9.70. The minimum atomic E-state index is -0.413. The smallest absolute Gasteiger partial charge is 0.135 e. The number of fused-ring (bicyclic) bond motifs is 4. The fraction of sp³-hybridized carbons (Fsp3) is 0.354. The van der Waals surface area contributed by atoms with Gasteiger partial charge >= 0.3 is 0 Å². The Bertz CT molecular complexity index is 3240. The third-order valence-corrected chi connectivity index (χ3v) is 14.4. The zero-order chi connectivity index (χ0) is 50.5. The van der Waals surface area contributed by atoms with Crippen molar-refractivity contribution in [1.29, 1.82) is 0 Å². The van der Waals surface area contributed by atoms with Crippen molar-refractivity contribution >= 4 is 44.6 Å². The van der Waals surface area contributed by atoms with E-state index < -0.39 is 5.41 Å². The van der Waals surface area contributed by atoms with Gasteiger partial charge in [0.25, 0.3) is 0 Å². The van der Waals surface area contributed by atoms with Gasteiger partial charge in [0.2, 0.25) is 0 Å². The molecule has 0 atom stereocenters. The Balaban J connectivity index is 0.00000676. The normalized spacial score (nSPS) is 13.8. The number of para-hydroxylation sites is 1. The van der Waals surface area contributed by atoms with Gasteiger partial charge in [0.1, 0.15) is 5.82 Å². The topological polar surface area (TPSA) is 33.5 Å². The molecule has 0 bridgehead atoms. The van der Waals surface area contributed by atoms with Crippen molar-refractivity contribution in [3.63, 3.8) is 0 Å². The van der Waals surface area contributed by atoms with Gasteiger partial charge in [-0.2, -0.15) is 0 Å². The molecule has 9 rings (SSSR count). The van der Waals surface area contributed by atoms with E-state index in [2.05, 4.69) is 272 Å². The predicted molar refractivity (Wildman–Crippen MR) is 296 cm³/mol. The summed E-state index contributed by atoms with van der Waals surface area (Å²) in [6.07, 6.45) is 1.93. The summed E-state index contributed by atoms with van der Waals surface area (Å²) in [6.45, 7) is 41.1. The van der Waals surface area contributed by atoms with Gasteiger partial charge < -0.3 is 19.1 Å². The number of ether oxygens (including phenoxy) is 1. The molecular formula is C65H73N4OPt-3. The minimum absolute atomic E-state index is 0. The molecule has 1 aliphatic rings. The molecule has 0 saturated heterocycles. The van der Waals surface area contributed by atoms with E-state index in [0.717, 1.165) is 61.5 Å². The maximum atomic E-state index is 7.24. The van der Waals surface area contributed by atoms with E-state index in [0.29, 0.717) is 11.5 Å². The molecule has 3 heterocycles. The summed E-state index contributed by atoms with van der Waals surface area (Å²) in [7, 11) is 0. The monoisotopic (exact) mass is 1120 g/mol. The molecule has 0 radical (unpaired) electrons. The van der Waals surface area contributed by atoms with Gasteiger partial charge in [-0.25, -0.2) is 4.98 Å². The Labute approximate surface area is 439 Å². The first-order chi connectivity index (χ1) is 32.6. The van der Waals surface area contributed by atoms with Crippen LogP contribution in [0.15, 0.2) is 128 Å². The third-order valence-electron chi connectivity index (χ3n) is 14.4. The molecule has 0 N–H and O–H groups in total. The SMILES string of the molecule is CC(C)(C)c1cc(Oc2[c-]c3c(c(C(C)(C)c4ccccc4)c2)c2ccccc2n3-c2cc(C(C)(C)C)ccn2)[c-]c(N2[CH-]N(c3cc(C(C)(C)C)cc(C(C)(C)C)c3)c3ccc(C(C)(C)C)cc32)c1.[Pt]. The molecule has 0 saturated carbocycles. The van der Waals surface area contributed by atoms with Crippen molar-refractivity contribution < 1.29 is 25.8 Å². The summed E-state index contributed by atoms with van der Waals surface area (Å²) in [6, 6.07) is 52.3. The number of benzene rings is 6. The van der Waals surface area contributed by atoms with Gasteiger partial charge in [0, 0.05) is 61.3 Å². The van der Waals surface area contributed by atoms with Crippen molar-refractivity contribution in [3.8, 4) is 17.3 Å². The van der Waals surface area contributed by atoms with Crippen LogP contribution >= 0.6 is 0 Å². The molecule has 5 nitrogen and oxygen atoms in total. The van der Waals surface area contributed by atoms with Crippen molar-refractivity contribution in [3.05, 3.63) is 185 Å². The molecule has 6 aromatic carbocycles. The van der Waals surface area contributed by atoms with E-state index in [1.165, 1.54) is 27.8 Å². The number of anilines is 4. The molecule has 0 amide bonds. The van der Waals surface area contributed by atoms with Gasteiger partial charge in [-0.1, -0.05) is 189 Å². The van der Waals surface area contributed by atoms with Gasteiger partial charge in [-0.15, -0.1) is 53.8 Å². The van der Waals surface area contributed by atoms with E-state index in [9.17, 15) is 0 Å². The molecule has 8 aromatic rings. The molecule has 1 aliphatic heterocycles. The average Bonchev–Trinajstić information content (AvgIpc) is 3.83. The van der Waals surface area contributed by atoms with Gasteiger partial charge in [-0.3, -0.25) is 0 Å². The van der Waals surface area contributed by atoms with Crippen LogP contribution in [0.25, 0.3) is 27.6 Å². The molecule has 0 spiro atoms. The molecule has 2 aromatic heterocycles. The van der Waals surface area contributed by atoms with Crippen LogP contribution in [0.3, 0.4) is 0 Å². The van der Waals surface area contributed by atoms with Crippen LogP contribution in [0, 0.1) is 18.8 Å². The molecule has 6 heteroatoms. The summed E-state index contributed by atoms with van der Waals surface area (Å²) >= 11 is 0. The summed E-state index contributed by atoms with van der Waals surface area (Å²) in [5, 5.41) is 2.28. The van der Waals surface area contributed by atoms with Crippen LogP contribution < -0.4 is 14.5 Å². The maximum Gasteiger partial charge on any atom is 0.135 e. The predicted octanol–water partition coefficient (Wildman–Crippen LogP) is 17.8. The first kappa shape index (κ1) is 51.7. The molecular weight excluding hydrogens is 1050 g/mol. The Morgan fingerprint density at radius 2 is 1.04 bits per heavy atom. The fourth-order valence-corrected chi connectivity index (χ4v) is 9.70. The molecule has 0 unspecified atom stereocenters. The summed E-state index contributed by atoms with van der Waals surface area (Å²) in [5.41, 5.74) is 14.1. The number of hydrogen-bond donors (Lipinski definition) is 0. The van der Waals surface area contributed by atoms with E-state index in [1.807, 2.05) is 6.20 Å². The van der Waals surface area contributed by atoms with Crippen molar-refractivity contribution in [2.75, 3.05) is 9.80 Å². The van der Waals surface area contributed by atoms with E-state index in [1.54, 1.807) is 0 Å².